The van der Waals surface area contributed by atoms with Crippen molar-refractivity contribution >= 4 is 29.1 Å². The van der Waals surface area contributed by atoms with Crippen LogP contribution in [-0.4, -0.2) is 108 Å². The molecule has 1 N–H and O–H groups in total. The highest BCUT2D eigenvalue weighted by molar-refractivity contribution is 7.10. The van der Waals surface area contributed by atoms with E-state index in [-0.39, 0.29) is 23.8 Å². The maximum atomic E-state index is 14.0. The smallest absolute Gasteiger partial charge is 0.254 e. The van der Waals surface area contributed by atoms with Gasteiger partial charge in [0.25, 0.3) is 11.8 Å². The van der Waals surface area contributed by atoms with Crippen molar-refractivity contribution in [1.82, 2.24) is 24.9 Å². The maximum absolute atomic E-state index is 14.0. The van der Waals surface area contributed by atoms with Gasteiger partial charge in [-0.3, -0.25) is 24.2 Å². The van der Waals surface area contributed by atoms with E-state index < -0.39 is 12.1 Å². The number of nitrogens with one attached hydrogen (secondary N) is 1. The Morgan fingerprint density at radius 3 is 2.40 bits per heavy atom. The number of nitrogens with zero attached hydrogens (tertiary/aromatic N) is 4. The molecule has 1 aromatic carbocycles. The van der Waals surface area contributed by atoms with Gasteiger partial charge in [-0.05, 0) is 100 Å². The van der Waals surface area contributed by atoms with Crippen molar-refractivity contribution < 1.29 is 19.1 Å². The Morgan fingerprint density at radius 2 is 1.62 bits per heavy atom. The molecule has 4 aliphatic heterocycles. The summed E-state index contributed by atoms with van der Waals surface area (Å²) in [5.41, 5.74) is 2.06. The SMILES string of the molecule is O=C1NCCCCN(Cc2cc(CN3CCCCC3)cs2)CCCN(C(=O)c2ccccc2)[C@H]2C[C@@H]1N(C(=O)[C@H]1CCCO1)C2. The Hall–Kier alpha value is -2.79. The number of piperidine rings is 1. The van der Waals surface area contributed by atoms with Gasteiger partial charge in [0.15, 0.2) is 0 Å². The lowest BCUT2D eigenvalue weighted by atomic mass is 10.1. The number of hydrogen-bond donors (Lipinski definition) is 1. The average Bonchev–Trinajstić information content (AvgIpc) is 3.85. The number of thiophene rings is 1. The second-order valence-corrected chi connectivity index (χ2v) is 14.1. The van der Waals surface area contributed by atoms with Crippen LogP contribution in [0.25, 0.3) is 0 Å². The van der Waals surface area contributed by atoms with E-state index in [0.717, 1.165) is 51.9 Å². The van der Waals surface area contributed by atoms with Gasteiger partial charge >= 0.3 is 0 Å². The van der Waals surface area contributed by atoms with Crippen molar-refractivity contribution in [2.45, 2.75) is 89.1 Å². The highest BCUT2D eigenvalue weighted by atomic mass is 32.1. The molecule has 0 aliphatic carbocycles. The molecule has 3 atom stereocenters. The van der Waals surface area contributed by atoms with Crippen molar-refractivity contribution in [1.29, 1.82) is 0 Å². The van der Waals surface area contributed by atoms with E-state index in [1.807, 2.05) is 46.6 Å². The maximum Gasteiger partial charge on any atom is 0.254 e. The van der Waals surface area contributed by atoms with Gasteiger partial charge in [0.05, 0.1) is 6.04 Å². The largest absolute Gasteiger partial charge is 0.368 e. The van der Waals surface area contributed by atoms with Gasteiger partial charge in [0.2, 0.25) is 5.91 Å². The fourth-order valence-electron chi connectivity index (χ4n) is 7.40. The fraction of sp³-hybridized carbons (Fsp3) is 0.629. The van der Waals surface area contributed by atoms with Gasteiger partial charge in [-0.2, -0.15) is 0 Å². The summed E-state index contributed by atoms with van der Waals surface area (Å²) in [5, 5.41) is 5.45. The quantitative estimate of drug-likeness (QED) is 0.514. The lowest BCUT2D eigenvalue weighted by Gasteiger charge is -2.31. The van der Waals surface area contributed by atoms with E-state index in [1.165, 1.54) is 42.8 Å². The molecule has 45 heavy (non-hydrogen) atoms. The second kappa shape index (κ2) is 15.7. The van der Waals surface area contributed by atoms with Gasteiger partial charge < -0.3 is 19.9 Å². The number of amides is 3. The van der Waals surface area contributed by atoms with Crippen molar-refractivity contribution in [3.8, 4) is 0 Å². The van der Waals surface area contributed by atoms with Crippen molar-refractivity contribution in [3.05, 3.63) is 57.8 Å². The summed E-state index contributed by atoms with van der Waals surface area (Å²) in [6, 6.07) is 11.0. The number of benzene rings is 1. The van der Waals surface area contributed by atoms with Gasteiger partial charge in [-0.1, -0.05) is 24.6 Å². The summed E-state index contributed by atoms with van der Waals surface area (Å²) in [5.74, 6) is -0.275. The van der Waals surface area contributed by atoms with E-state index in [2.05, 4.69) is 26.6 Å². The summed E-state index contributed by atoms with van der Waals surface area (Å²) in [7, 11) is 0. The zero-order valence-electron chi connectivity index (χ0n) is 26.5. The lowest BCUT2D eigenvalue weighted by Crippen LogP contribution is -2.49. The number of rotatable bonds is 6. The van der Waals surface area contributed by atoms with Crippen LogP contribution in [0.4, 0.5) is 0 Å². The molecule has 6 rings (SSSR count). The third kappa shape index (κ3) is 8.33. The Morgan fingerprint density at radius 1 is 0.867 bits per heavy atom. The first-order valence-corrected chi connectivity index (χ1v) is 18.0. The van der Waals surface area contributed by atoms with E-state index in [4.69, 9.17) is 4.74 Å². The van der Waals surface area contributed by atoms with Gasteiger partial charge in [0, 0.05) is 56.3 Å². The van der Waals surface area contributed by atoms with Crippen molar-refractivity contribution in [2.75, 3.05) is 52.4 Å². The zero-order chi connectivity index (χ0) is 31.0. The van der Waals surface area contributed by atoms with Crippen LogP contribution in [-0.2, 0) is 27.4 Å². The molecule has 4 fully saturated rings. The third-order valence-electron chi connectivity index (χ3n) is 9.81. The van der Waals surface area contributed by atoms with Gasteiger partial charge in [-0.25, -0.2) is 0 Å². The minimum absolute atomic E-state index is 0.0366. The van der Waals surface area contributed by atoms with Crippen LogP contribution in [0.2, 0.25) is 0 Å². The minimum Gasteiger partial charge on any atom is -0.368 e. The van der Waals surface area contributed by atoms with Crippen molar-refractivity contribution in [3.63, 3.8) is 0 Å². The van der Waals surface area contributed by atoms with Crippen LogP contribution in [0, 0.1) is 0 Å². The van der Waals surface area contributed by atoms with E-state index >= 15 is 0 Å². The second-order valence-electron chi connectivity index (χ2n) is 13.1. The molecule has 3 amide bonds. The summed E-state index contributed by atoms with van der Waals surface area (Å²) < 4.78 is 5.73. The number of carbonyl (C=O) groups excluding carboxylic acids is 3. The summed E-state index contributed by atoms with van der Waals surface area (Å²) in [6.07, 6.45) is 8.15. The molecule has 4 aliphatic rings. The van der Waals surface area contributed by atoms with Crippen LogP contribution in [0.15, 0.2) is 41.8 Å². The third-order valence-corrected chi connectivity index (χ3v) is 10.8. The van der Waals surface area contributed by atoms with E-state index in [1.54, 1.807) is 4.90 Å². The average molecular weight is 636 g/mol. The van der Waals surface area contributed by atoms with Crippen LogP contribution in [0.3, 0.4) is 0 Å². The monoisotopic (exact) mass is 635 g/mol. The van der Waals surface area contributed by atoms with Gasteiger partial charge in [0.1, 0.15) is 12.1 Å². The molecule has 2 aromatic rings. The molecule has 0 spiro atoms. The normalized spacial score (nSPS) is 26.0. The lowest BCUT2D eigenvalue weighted by molar-refractivity contribution is -0.145. The first-order valence-electron chi connectivity index (χ1n) is 17.1. The predicted molar refractivity (Wildman–Crippen MR) is 176 cm³/mol. The molecule has 4 saturated heterocycles. The molecule has 0 unspecified atom stereocenters. The van der Waals surface area contributed by atoms with Crippen LogP contribution >= 0.6 is 11.3 Å². The molecule has 244 valence electrons. The first kappa shape index (κ1) is 32.2. The Bertz CT molecular complexity index is 1280. The molecular weight excluding hydrogens is 586 g/mol. The molecule has 0 saturated carbocycles. The highest BCUT2D eigenvalue weighted by Gasteiger charge is 2.45. The summed E-state index contributed by atoms with van der Waals surface area (Å²) in [4.78, 5) is 51.1. The molecular formula is C35H49N5O4S. The number of hydrogen-bond acceptors (Lipinski definition) is 7. The zero-order valence-corrected chi connectivity index (χ0v) is 27.4. The number of carbonyl (C=O) groups is 3. The molecule has 2 bridgehead atoms. The van der Waals surface area contributed by atoms with Gasteiger partial charge in [-0.15, -0.1) is 11.3 Å². The number of fused-ring (bicyclic) bond motifs is 2. The van der Waals surface area contributed by atoms with E-state index in [9.17, 15) is 14.4 Å². The molecule has 1 aromatic heterocycles. The minimum atomic E-state index is -0.588. The topological polar surface area (TPSA) is 85.4 Å². The summed E-state index contributed by atoms with van der Waals surface area (Å²) >= 11 is 1.85. The first-order chi connectivity index (χ1) is 22.0. The fourth-order valence-corrected chi connectivity index (χ4v) is 8.32. The van der Waals surface area contributed by atoms with Crippen molar-refractivity contribution in [2.24, 2.45) is 0 Å². The molecule has 0 radical (unpaired) electrons. The Labute approximate surface area is 271 Å². The van der Waals surface area contributed by atoms with Crippen LogP contribution in [0.1, 0.15) is 78.6 Å². The molecule has 9 nitrogen and oxygen atoms in total. The number of likely N-dealkylation sites (tertiary alicyclic amines) is 2. The van der Waals surface area contributed by atoms with Crippen LogP contribution < -0.4 is 5.32 Å². The molecule has 5 heterocycles. The number of ether oxygens (including phenoxy) is 1. The molecule has 10 heteroatoms. The standard InChI is InChI=1S/C35H49N5O4S/c41-33-31-22-29(24-40(31)35(43)32-13-9-20-44-32)39(34(42)28-11-3-1-4-12-28)19-10-18-38(17-8-5-14-36-33)25-30-21-27(26-45-30)23-37-15-6-2-7-16-37/h1,3-4,11-12,21,26,29,31-32H,2,5-10,13-20,22-25H2,(H,36,41)/t29-,31-,32+/m0/s1. The highest BCUT2D eigenvalue weighted by Crippen LogP contribution is 2.28. The Kier molecular flexibility index (Phi) is 11.2. The Balaban J connectivity index is 1.17. The van der Waals surface area contributed by atoms with Crippen LogP contribution in [0.5, 0.6) is 0 Å². The summed E-state index contributed by atoms with van der Waals surface area (Å²) in [6.45, 7) is 8.27. The van der Waals surface area contributed by atoms with E-state index in [0.29, 0.717) is 44.6 Å². The predicted octanol–water partition coefficient (Wildman–Crippen LogP) is 4.13.